The molecule has 1 aromatic carbocycles. The van der Waals surface area contributed by atoms with Gasteiger partial charge in [0.05, 0.1) is 19.8 Å². The minimum Gasteiger partial charge on any atom is -0.493 e. The fraction of sp³-hybridized carbons (Fsp3) is 0.353. The lowest BCUT2D eigenvalue weighted by Gasteiger charge is -2.29. The van der Waals surface area contributed by atoms with Gasteiger partial charge in [-0.15, -0.1) is 11.3 Å². The summed E-state index contributed by atoms with van der Waals surface area (Å²) in [7, 11) is 1.30. The van der Waals surface area contributed by atoms with E-state index in [1.54, 1.807) is 6.92 Å². The first-order valence-corrected chi connectivity index (χ1v) is 8.99. The molecule has 3 heterocycles. The zero-order valence-electron chi connectivity index (χ0n) is 14.2. The first kappa shape index (κ1) is 17.0. The number of nitrogens with zero attached hydrogens (tertiary/aromatic N) is 1. The van der Waals surface area contributed by atoms with E-state index in [1.165, 1.54) is 18.4 Å². The Balaban J connectivity index is 1.49. The van der Waals surface area contributed by atoms with Crippen molar-refractivity contribution in [1.82, 2.24) is 15.8 Å². The average molecular weight is 374 g/mol. The first-order chi connectivity index (χ1) is 12.6. The van der Waals surface area contributed by atoms with Gasteiger partial charge in [0.1, 0.15) is 11.8 Å². The molecule has 0 saturated carbocycles. The van der Waals surface area contributed by atoms with E-state index in [0.29, 0.717) is 16.6 Å². The van der Waals surface area contributed by atoms with Crippen molar-refractivity contribution in [2.24, 2.45) is 5.92 Å². The van der Waals surface area contributed by atoms with E-state index in [4.69, 9.17) is 9.47 Å². The third kappa shape index (κ3) is 2.83. The maximum atomic E-state index is 12.7. The van der Waals surface area contributed by atoms with E-state index >= 15 is 0 Å². The van der Waals surface area contributed by atoms with Crippen LogP contribution in [0.3, 0.4) is 0 Å². The van der Waals surface area contributed by atoms with Crippen molar-refractivity contribution in [3.63, 3.8) is 0 Å². The van der Waals surface area contributed by atoms with Crippen molar-refractivity contribution in [3.8, 4) is 5.75 Å². The number of benzene rings is 1. The molecule has 1 amide bonds. The third-order valence-corrected chi connectivity index (χ3v) is 5.51. The number of esters is 1. The summed E-state index contributed by atoms with van der Waals surface area (Å²) in [4.78, 5) is 29.2. The van der Waals surface area contributed by atoms with Gasteiger partial charge in [-0.25, -0.2) is 20.6 Å². The summed E-state index contributed by atoms with van der Waals surface area (Å²) in [6, 6.07) is 7.32. The van der Waals surface area contributed by atoms with Crippen molar-refractivity contribution in [1.29, 1.82) is 0 Å². The molecule has 2 aromatic rings. The molecule has 3 atom stereocenters. The normalized spacial score (nSPS) is 23.5. The number of hydrogen-bond acceptors (Lipinski definition) is 8. The minimum absolute atomic E-state index is 0.000592. The van der Waals surface area contributed by atoms with Gasteiger partial charge in [-0.1, -0.05) is 18.2 Å². The van der Waals surface area contributed by atoms with Gasteiger partial charge >= 0.3 is 5.97 Å². The summed E-state index contributed by atoms with van der Waals surface area (Å²) in [6.07, 6.45) is 0. The number of methoxy groups -OCH3 is 1. The van der Waals surface area contributed by atoms with Crippen LogP contribution in [0.15, 0.2) is 24.3 Å². The van der Waals surface area contributed by atoms with Crippen LogP contribution in [0, 0.1) is 12.8 Å². The fourth-order valence-electron chi connectivity index (χ4n) is 3.32. The number of aryl methyl sites for hydroxylation is 1. The van der Waals surface area contributed by atoms with Gasteiger partial charge in [0.25, 0.3) is 0 Å². The summed E-state index contributed by atoms with van der Waals surface area (Å²) in [6.45, 7) is 2.20. The molecule has 2 aliphatic rings. The van der Waals surface area contributed by atoms with Gasteiger partial charge in [0, 0.05) is 16.4 Å². The predicted molar refractivity (Wildman–Crippen MR) is 95.0 cm³/mol. The lowest BCUT2D eigenvalue weighted by Crippen LogP contribution is -2.43. The predicted octanol–water partition coefficient (Wildman–Crippen LogP) is 1.40. The molecule has 0 bridgehead atoms. The molecule has 2 aliphatic heterocycles. The Morgan fingerprint density at radius 1 is 1.35 bits per heavy atom. The lowest BCUT2D eigenvalue weighted by atomic mass is 9.87. The Labute approximate surface area is 153 Å². The highest BCUT2D eigenvalue weighted by atomic mass is 32.1. The van der Waals surface area contributed by atoms with Crippen LogP contribution >= 0.6 is 11.3 Å². The Morgan fingerprint density at radius 2 is 2.15 bits per heavy atom. The Morgan fingerprint density at radius 3 is 2.96 bits per heavy atom. The van der Waals surface area contributed by atoms with Gasteiger partial charge < -0.3 is 14.8 Å². The molecule has 1 saturated heterocycles. The topological polar surface area (TPSA) is 102 Å². The number of amides is 1. The molecular weight excluding hydrogens is 356 g/mol. The van der Waals surface area contributed by atoms with Crippen LogP contribution in [0.25, 0.3) is 0 Å². The molecule has 1 aromatic heterocycles. The van der Waals surface area contributed by atoms with E-state index in [0.717, 1.165) is 11.3 Å². The number of nitrogens with one attached hydrogen (secondary N) is 3. The molecule has 136 valence electrons. The molecule has 3 unspecified atom stereocenters. The number of carbonyl (C=O) groups is 2. The van der Waals surface area contributed by atoms with Gasteiger partial charge in [-0.2, -0.15) is 0 Å². The largest absolute Gasteiger partial charge is 0.493 e. The van der Waals surface area contributed by atoms with Gasteiger partial charge in [0.2, 0.25) is 5.91 Å². The van der Waals surface area contributed by atoms with E-state index in [-0.39, 0.29) is 23.6 Å². The summed E-state index contributed by atoms with van der Waals surface area (Å²) in [5.41, 5.74) is 7.50. The second-order valence-electron chi connectivity index (χ2n) is 6.16. The smallest absolute Gasteiger partial charge is 0.357 e. The summed E-state index contributed by atoms with van der Waals surface area (Å²) >= 11 is 1.24. The number of aromatic nitrogens is 1. The molecule has 1 fully saturated rings. The van der Waals surface area contributed by atoms with Crippen LogP contribution in [0.1, 0.15) is 27.0 Å². The van der Waals surface area contributed by atoms with Gasteiger partial charge in [-0.05, 0) is 13.0 Å². The van der Waals surface area contributed by atoms with Crippen LogP contribution in [-0.2, 0) is 9.53 Å². The second kappa shape index (κ2) is 6.67. The SMILES string of the molecule is COC(=O)c1nc(NC(=O)C2NNC3c4ccccc4OCC23)sc1C. The number of carbonyl (C=O) groups excluding carboxylic acids is 2. The number of thiazole rings is 1. The highest BCUT2D eigenvalue weighted by molar-refractivity contribution is 7.16. The molecule has 26 heavy (non-hydrogen) atoms. The molecule has 0 aliphatic carbocycles. The third-order valence-electron chi connectivity index (χ3n) is 4.62. The number of hydrazine groups is 1. The number of rotatable bonds is 3. The van der Waals surface area contributed by atoms with Crippen LogP contribution in [-0.4, -0.2) is 36.6 Å². The minimum atomic E-state index is -0.516. The fourth-order valence-corrected chi connectivity index (χ4v) is 4.13. The molecule has 0 spiro atoms. The van der Waals surface area contributed by atoms with E-state index in [1.807, 2.05) is 24.3 Å². The molecule has 3 N–H and O–H groups in total. The maximum Gasteiger partial charge on any atom is 0.357 e. The number of fused-ring (bicyclic) bond motifs is 3. The van der Waals surface area contributed by atoms with E-state index in [2.05, 4.69) is 21.2 Å². The summed E-state index contributed by atoms with van der Waals surface area (Å²) in [5.74, 6) is 0.0452. The van der Waals surface area contributed by atoms with E-state index in [9.17, 15) is 9.59 Å². The Bertz CT molecular complexity index is 868. The van der Waals surface area contributed by atoms with Gasteiger partial charge in [-0.3, -0.25) is 4.79 Å². The summed E-state index contributed by atoms with van der Waals surface area (Å²) in [5, 5.41) is 3.15. The van der Waals surface area contributed by atoms with Crippen LogP contribution in [0.2, 0.25) is 0 Å². The van der Waals surface area contributed by atoms with Crippen molar-refractivity contribution in [2.45, 2.75) is 19.0 Å². The molecular formula is C17H18N4O4S. The molecule has 8 nitrogen and oxygen atoms in total. The Kier molecular flexibility index (Phi) is 4.35. The quantitative estimate of drug-likeness (QED) is 0.698. The van der Waals surface area contributed by atoms with Crippen LogP contribution in [0.4, 0.5) is 5.13 Å². The summed E-state index contributed by atoms with van der Waals surface area (Å²) < 4.78 is 10.5. The zero-order valence-corrected chi connectivity index (χ0v) is 15.1. The zero-order chi connectivity index (χ0) is 18.3. The van der Waals surface area contributed by atoms with Gasteiger partial charge in [0.15, 0.2) is 10.8 Å². The van der Waals surface area contributed by atoms with Crippen molar-refractivity contribution in [3.05, 3.63) is 40.4 Å². The average Bonchev–Trinajstić information content (AvgIpc) is 3.24. The lowest BCUT2D eigenvalue weighted by molar-refractivity contribution is -0.119. The van der Waals surface area contributed by atoms with Crippen LogP contribution < -0.4 is 20.9 Å². The molecule has 0 radical (unpaired) electrons. The Hall–Kier alpha value is -2.49. The number of hydrogen-bond donors (Lipinski definition) is 3. The molecule has 9 heteroatoms. The second-order valence-corrected chi connectivity index (χ2v) is 7.36. The standard InChI is InChI=1S/C17H18N4O4S/c1-8-12(16(23)24-2)18-17(26-8)19-15(22)14-10-7-25-11-6-4-3-5-9(11)13(10)20-21-14/h3-6,10,13-14,20-21H,7H2,1-2H3,(H,18,19,22). The van der Waals surface area contributed by atoms with Crippen molar-refractivity contribution >= 4 is 28.3 Å². The highest BCUT2D eigenvalue weighted by Gasteiger charge is 2.44. The van der Waals surface area contributed by atoms with E-state index < -0.39 is 12.0 Å². The first-order valence-electron chi connectivity index (χ1n) is 8.18. The van der Waals surface area contributed by atoms with Crippen molar-refractivity contribution in [2.75, 3.05) is 19.0 Å². The monoisotopic (exact) mass is 374 g/mol. The number of anilines is 1. The van der Waals surface area contributed by atoms with Crippen LogP contribution in [0.5, 0.6) is 5.75 Å². The maximum absolute atomic E-state index is 12.7. The number of ether oxygens (including phenoxy) is 2. The highest BCUT2D eigenvalue weighted by Crippen LogP contribution is 2.39. The molecule has 4 rings (SSSR count). The van der Waals surface area contributed by atoms with Crippen molar-refractivity contribution < 1.29 is 19.1 Å². The number of para-hydroxylation sites is 1.